The van der Waals surface area contributed by atoms with Crippen molar-refractivity contribution >= 4 is 12.0 Å². The Balaban J connectivity index is 2.22. The molecule has 1 aliphatic heterocycles. The van der Waals surface area contributed by atoms with E-state index < -0.39 is 12.0 Å². The van der Waals surface area contributed by atoms with Gasteiger partial charge >= 0.3 is 12.0 Å². The highest BCUT2D eigenvalue weighted by molar-refractivity contribution is 5.82. The molecule has 0 aromatic carbocycles. The Labute approximate surface area is 120 Å². The van der Waals surface area contributed by atoms with Crippen LogP contribution in [0.25, 0.3) is 0 Å². The summed E-state index contributed by atoms with van der Waals surface area (Å²) in [5, 5.41) is 14.2. The van der Waals surface area contributed by atoms with Crippen LogP contribution in [-0.2, 0) is 4.79 Å². The van der Waals surface area contributed by atoms with Crippen LogP contribution < -0.4 is 10.6 Å². The van der Waals surface area contributed by atoms with E-state index in [4.69, 9.17) is 5.11 Å². The summed E-state index contributed by atoms with van der Waals surface area (Å²) in [6, 6.07) is -1.19. The Bertz CT molecular complexity index is 317. The average Bonchev–Trinajstić information content (AvgIpc) is 2.88. The first kappa shape index (κ1) is 16.8. The molecule has 6 heteroatoms. The van der Waals surface area contributed by atoms with Crippen LogP contribution in [0.2, 0.25) is 0 Å². The fraction of sp³-hybridized carbons (Fsp3) is 0.857. The van der Waals surface area contributed by atoms with Crippen LogP contribution in [0.4, 0.5) is 4.79 Å². The molecule has 2 amide bonds. The van der Waals surface area contributed by atoms with Gasteiger partial charge in [0, 0.05) is 13.1 Å². The minimum absolute atomic E-state index is 0.369. The number of hydrogen-bond donors (Lipinski definition) is 3. The lowest BCUT2D eigenvalue weighted by atomic mass is 10.1. The second kappa shape index (κ2) is 8.79. The summed E-state index contributed by atoms with van der Waals surface area (Å²) in [5.74, 6) is -0.611. The van der Waals surface area contributed by atoms with E-state index in [2.05, 4.69) is 22.5 Å². The van der Waals surface area contributed by atoms with Gasteiger partial charge in [0.1, 0.15) is 6.04 Å². The molecule has 20 heavy (non-hydrogen) atoms. The molecule has 3 N–H and O–H groups in total. The zero-order valence-electron chi connectivity index (χ0n) is 12.5. The third-order valence-electron chi connectivity index (χ3n) is 3.56. The fourth-order valence-electron chi connectivity index (χ4n) is 2.49. The van der Waals surface area contributed by atoms with Gasteiger partial charge in [0.05, 0.1) is 0 Å². The van der Waals surface area contributed by atoms with Gasteiger partial charge in [-0.25, -0.2) is 9.59 Å². The molecule has 0 bridgehead atoms. The number of carbonyl (C=O) groups excluding carboxylic acids is 1. The van der Waals surface area contributed by atoms with Gasteiger partial charge in [-0.05, 0) is 38.3 Å². The molecular formula is C14H27N3O3. The zero-order chi connectivity index (χ0) is 15.0. The van der Waals surface area contributed by atoms with E-state index in [0.29, 0.717) is 18.9 Å². The summed E-state index contributed by atoms with van der Waals surface area (Å²) in [6.45, 7) is 7.84. The second-order valence-electron chi connectivity index (χ2n) is 5.65. The lowest BCUT2D eigenvalue weighted by Crippen LogP contribution is -2.47. The smallest absolute Gasteiger partial charge is 0.326 e. The van der Waals surface area contributed by atoms with Gasteiger partial charge in [0.2, 0.25) is 0 Å². The van der Waals surface area contributed by atoms with E-state index in [0.717, 1.165) is 26.1 Å². The summed E-state index contributed by atoms with van der Waals surface area (Å²) in [6.07, 6.45) is 3.70. The van der Waals surface area contributed by atoms with Crippen molar-refractivity contribution in [1.29, 1.82) is 0 Å². The molecule has 1 rings (SSSR count). The Morgan fingerprint density at radius 1 is 1.30 bits per heavy atom. The number of amides is 2. The van der Waals surface area contributed by atoms with E-state index in [9.17, 15) is 9.59 Å². The van der Waals surface area contributed by atoms with Crippen LogP contribution in [-0.4, -0.2) is 54.2 Å². The van der Waals surface area contributed by atoms with Crippen LogP contribution >= 0.6 is 0 Å². The summed E-state index contributed by atoms with van der Waals surface area (Å²) in [7, 11) is 0. The number of carboxylic acids is 1. The number of carbonyl (C=O) groups is 2. The van der Waals surface area contributed by atoms with E-state index in [1.165, 1.54) is 12.8 Å². The maximum atomic E-state index is 11.7. The van der Waals surface area contributed by atoms with Crippen molar-refractivity contribution in [1.82, 2.24) is 15.5 Å². The standard InChI is InChI=1S/C14H27N3O3/c1-3-6-12(13(18)19)16-14(20)15-9-11(2)10-17-7-4-5-8-17/h11-12H,3-10H2,1-2H3,(H,18,19)(H2,15,16,20)/t11?,12-/m1/s1. The van der Waals surface area contributed by atoms with E-state index >= 15 is 0 Å². The summed E-state index contributed by atoms with van der Waals surface area (Å²) >= 11 is 0. The quantitative estimate of drug-likeness (QED) is 0.627. The van der Waals surface area contributed by atoms with E-state index in [1.807, 2.05) is 6.92 Å². The Hall–Kier alpha value is -1.30. The lowest BCUT2D eigenvalue weighted by Gasteiger charge is -2.21. The second-order valence-corrected chi connectivity index (χ2v) is 5.65. The van der Waals surface area contributed by atoms with E-state index in [-0.39, 0.29) is 6.03 Å². The van der Waals surface area contributed by atoms with Gasteiger partial charge in [0.25, 0.3) is 0 Å². The first-order chi connectivity index (χ1) is 9.52. The minimum atomic E-state index is -0.980. The van der Waals surface area contributed by atoms with Crippen molar-refractivity contribution in [3.63, 3.8) is 0 Å². The minimum Gasteiger partial charge on any atom is -0.480 e. The molecule has 116 valence electrons. The maximum absolute atomic E-state index is 11.7. The number of aliphatic carboxylic acids is 1. The van der Waals surface area contributed by atoms with E-state index in [1.54, 1.807) is 0 Å². The number of nitrogens with zero attached hydrogens (tertiary/aromatic N) is 1. The number of carboxylic acid groups (broad SMARTS) is 1. The van der Waals surface area contributed by atoms with Gasteiger partial charge in [-0.3, -0.25) is 0 Å². The highest BCUT2D eigenvalue weighted by Crippen LogP contribution is 2.09. The van der Waals surface area contributed by atoms with Crippen molar-refractivity contribution in [3.05, 3.63) is 0 Å². The highest BCUT2D eigenvalue weighted by Gasteiger charge is 2.19. The monoisotopic (exact) mass is 285 g/mol. The Kier molecular flexibility index (Phi) is 7.36. The average molecular weight is 285 g/mol. The molecule has 0 aromatic rings. The van der Waals surface area contributed by atoms with Gasteiger partial charge < -0.3 is 20.6 Å². The SMILES string of the molecule is CCC[C@@H](NC(=O)NCC(C)CN1CCCC1)C(=O)O. The van der Waals surface area contributed by atoms with Crippen molar-refractivity contribution in [2.45, 2.75) is 45.6 Å². The number of likely N-dealkylation sites (tertiary alicyclic amines) is 1. The topological polar surface area (TPSA) is 81.7 Å². The van der Waals surface area contributed by atoms with Gasteiger partial charge in [-0.2, -0.15) is 0 Å². The molecular weight excluding hydrogens is 258 g/mol. The van der Waals surface area contributed by atoms with Gasteiger partial charge in [-0.1, -0.05) is 20.3 Å². The number of hydrogen-bond acceptors (Lipinski definition) is 3. The molecule has 6 nitrogen and oxygen atoms in total. The summed E-state index contributed by atoms with van der Waals surface area (Å²) in [5.41, 5.74) is 0. The predicted octanol–water partition coefficient (Wildman–Crippen LogP) is 1.27. The van der Waals surface area contributed by atoms with Gasteiger partial charge in [0.15, 0.2) is 0 Å². The molecule has 1 aliphatic rings. The predicted molar refractivity (Wildman–Crippen MR) is 77.7 cm³/mol. The molecule has 1 fully saturated rings. The van der Waals surface area contributed by atoms with Crippen molar-refractivity contribution in [3.8, 4) is 0 Å². The molecule has 0 spiro atoms. The molecule has 1 saturated heterocycles. The Morgan fingerprint density at radius 3 is 2.50 bits per heavy atom. The molecule has 1 unspecified atom stereocenters. The number of rotatable bonds is 8. The molecule has 0 aromatic heterocycles. The maximum Gasteiger partial charge on any atom is 0.326 e. The van der Waals surface area contributed by atoms with Crippen LogP contribution in [0.15, 0.2) is 0 Å². The molecule has 0 radical (unpaired) electrons. The normalized spacial score (nSPS) is 18.5. The number of urea groups is 1. The molecule has 1 heterocycles. The van der Waals surface area contributed by atoms with Crippen LogP contribution in [0.5, 0.6) is 0 Å². The largest absolute Gasteiger partial charge is 0.480 e. The van der Waals surface area contributed by atoms with Crippen LogP contribution in [0.3, 0.4) is 0 Å². The molecule has 0 aliphatic carbocycles. The zero-order valence-corrected chi connectivity index (χ0v) is 12.5. The fourth-order valence-corrected chi connectivity index (χ4v) is 2.49. The first-order valence-corrected chi connectivity index (χ1v) is 7.52. The molecule has 0 saturated carbocycles. The van der Waals surface area contributed by atoms with Crippen LogP contribution in [0, 0.1) is 5.92 Å². The van der Waals surface area contributed by atoms with Crippen LogP contribution in [0.1, 0.15) is 39.5 Å². The van der Waals surface area contributed by atoms with Gasteiger partial charge in [-0.15, -0.1) is 0 Å². The summed E-state index contributed by atoms with van der Waals surface area (Å²) in [4.78, 5) is 25.0. The summed E-state index contributed by atoms with van der Waals surface area (Å²) < 4.78 is 0. The van der Waals surface area contributed by atoms with Crippen molar-refractivity contribution in [2.75, 3.05) is 26.2 Å². The third kappa shape index (κ3) is 6.23. The highest BCUT2D eigenvalue weighted by atomic mass is 16.4. The van der Waals surface area contributed by atoms with Crippen molar-refractivity contribution < 1.29 is 14.7 Å². The van der Waals surface area contributed by atoms with Crippen molar-refractivity contribution in [2.24, 2.45) is 5.92 Å². The Morgan fingerprint density at radius 2 is 1.95 bits per heavy atom. The first-order valence-electron chi connectivity index (χ1n) is 7.52. The third-order valence-corrected chi connectivity index (χ3v) is 3.56. The number of nitrogens with one attached hydrogen (secondary N) is 2. The lowest BCUT2D eigenvalue weighted by molar-refractivity contribution is -0.139. The molecule has 2 atom stereocenters.